The van der Waals surface area contributed by atoms with E-state index in [1.54, 1.807) is 29.2 Å². The number of aromatic amines is 1. The lowest BCUT2D eigenvalue weighted by Crippen LogP contribution is -2.46. The Kier molecular flexibility index (Phi) is 6.31. The van der Waals surface area contributed by atoms with Gasteiger partial charge in [0.2, 0.25) is 0 Å². The van der Waals surface area contributed by atoms with Crippen LogP contribution in [0.1, 0.15) is 22.1 Å². The van der Waals surface area contributed by atoms with E-state index in [9.17, 15) is 15.0 Å². The number of ether oxygens (including phenoxy) is 1. The first kappa shape index (κ1) is 25.1. The van der Waals surface area contributed by atoms with E-state index >= 15 is 0 Å². The lowest BCUT2D eigenvalue weighted by atomic mass is 10.0. The molecule has 0 aliphatic carbocycles. The molecule has 1 aliphatic rings. The number of rotatable bonds is 7. The van der Waals surface area contributed by atoms with E-state index in [1.807, 2.05) is 30.3 Å². The molecule has 4 heterocycles. The molecule has 0 unspecified atom stereocenters. The Labute approximate surface area is 233 Å². The maximum absolute atomic E-state index is 13.2. The fourth-order valence-electron chi connectivity index (χ4n) is 5.51. The van der Waals surface area contributed by atoms with Crippen molar-refractivity contribution in [3.8, 4) is 0 Å². The number of aromatic nitrogens is 5. The minimum atomic E-state index is -1.16. The number of fused-ring (bicyclic) bond motifs is 3. The number of anilines is 1. The highest BCUT2D eigenvalue weighted by molar-refractivity contribution is 5.98. The van der Waals surface area contributed by atoms with E-state index < -0.39 is 31.1 Å². The van der Waals surface area contributed by atoms with Crippen molar-refractivity contribution in [2.45, 2.75) is 31.0 Å². The predicted octanol–water partition coefficient (Wildman–Crippen LogP) is 3.12. The summed E-state index contributed by atoms with van der Waals surface area (Å²) >= 11 is 0. The maximum Gasteiger partial charge on any atom is 0.251 e. The zero-order valence-electron chi connectivity index (χ0n) is 21.8. The molecule has 1 fully saturated rings. The van der Waals surface area contributed by atoms with E-state index in [1.165, 1.54) is 6.33 Å². The van der Waals surface area contributed by atoms with Gasteiger partial charge in [0.25, 0.3) is 5.91 Å². The van der Waals surface area contributed by atoms with Gasteiger partial charge < -0.3 is 30.6 Å². The van der Waals surface area contributed by atoms with Gasteiger partial charge in [-0.3, -0.25) is 9.36 Å². The van der Waals surface area contributed by atoms with Gasteiger partial charge in [-0.05, 0) is 40.6 Å². The van der Waals surface area contributed by atoms with Crippen molar-refractivity contribution < 1.29 is 19.7 Å². The summed E-state index contributed by atoms with van der Waals surface area (Å²) in [5, 5.41) is 30.3. The van der Waals surface area contributed by atoms with Crippen LogP contribution in [0.15, 0.2) is 85.6 Å². The number of amides is 1. The molecule has 0 saturated carbocycles. The topological polar surface area (TPSA) is 150 Å². The van der Waals surface area contributed by atoms with Gasteiger partial charge in [0.05, 0.1) is 12.9 Å². The van der Waals surface area contributed by atoms with Crippen LogP contribution in [0.4, 0.5) is 5.82 Å². The molecule has 1 saturated heterocycles. The van der Waals surface area contributed by atoms with Crippen LogP contribution < -0.4 is 10.6 Å². The van der Waals surface area contributed by atoms with E-state index in [2.05, 4.69) is 54.8 Å². The monoisotopic (exact) mass is 549 g/mol. The quantitative estimate of drug-likeness (QED) is 0.204. The summed E-state index contributed by atoms with van der Waals surface area (Å²) in [6.07, 6.45) is 1.85. The normalized spacial score (nSPS) is 20.6. The number of carbonyl (C=O) groups is 1. The Bertz CT molecular complexity index is 1880. The first-order valence-corrected chi connectivity index (χ1v) is 13.3. The second-order valence-electron chi connectivity index (χ2n) is 10.1. The van der Waals surface area contributed by atoms with Gasteiger partial charge in [-0.25, -0.2) is 15.0 Å². The van der Waals surface area contributed by atoms with E-state index in [-0.39, 0.29) is 5.91 Å². The molecule has 4 atom stereocenters. The van der Waals surface area contributed by atoms with Crippen molar-refractivity contribution in [2.24, 2.45) is 0 Å². The fraction of sp³-hybridized carbons (Fsp3) is 0.200. The Balaban J connectivity index is 1.17. The standard InChI is InChI=1S/C30H27N7O4/c38-14-23-26(39)24(36-29(40)19-8-9-22-18(12-19)10-11-31-22)30(41-23)37-16-35-25-27(33-15-34-28(25)37)32-13-20-6-3-5-17-4-1-2-7-21(17)20/h1-12,15-16,23-24,26,30-31,38-39H,13-14H2,(H,36,40)(H,32,33,34)/t23-,24-,26-,30-/m1/s1. The molecule has 0 radical (unpaired) electrons. The molecule has 206 valence electrons. The van der Waals surface area contributed by atoms with Crippen molar-refractivity contribution in [1.29, 1.82) is 0 Å². The Hall–Kier alpha value is -4.84. The number of carbonyl (C=O) groups excluding carboxylic acids is 1. The Morgan fingerprint density at radius 1 is 1.02 bits per heavy atom. The maximum atomic E-state index is 13.2. The summed E-state index contributed by atoms with van der Waals surface area (Å²) in [5.41, 5.74) is 3.44. The van der Waals surface area contributed by atoms with Gasteiger partial charge in [0.15, 0.2) is 23.2 Å². The van der Waals surface area contributed by atoms with Gasteiger partial charge in [-0.15, -0.1) is 0 Å². The van der Waals surface area contributed by atoms with Crippen LogP contribution in [0.5, 0.6) is 0 Å². The number of nitrogens with one attached hydrogen (secondary N) is 3. The zero-order chi connectivity index (χ0) is 27.9. The molecule has 11 nitrogen and oxygen atoms in total. The Morgan fingerprint density at radius 2 is 1.90 bits per heavy atom. The number of imidazole rings is 1. The van der Waals surface area contributed by atoms with Crippen molar-refractivity contribution in [3.63, 3.8) is 0 Å². The molecule has 6 aromatic rings. The van der Waals surface area contributed by atoms with Crippen LogP contribution in [0.2, 0.25) is 0 Å². The molecule has 41 heavy (non-hydrogen) atoms. The average Bonchev–Trinajstić information content (AvgIpc) is 3.73. The van der Waals surface area contributed by atoms with Crippen LogP contribution in [0.3, 0.4) is 0 Å². The number of H-pyrrole nitrogens is 1. The van der Waals surface area contributed by atoms with Crippen LogP contribution in [-0.2, 0) is 11.3 Å². The molecule has 5 N–H and O–H groups in total. The van der Waals surface area contributed by atoms with Gasteiger partial charge in [-0.2, -0.15) is 0 Å². The lowest BCUT2D eigenvalue weighted by molar-refractivity contribution is -0.0440. The van der Waals surface area contributed by atoms with Gasteiger partial charge >= 0.3 is 0 Å². The summed E-state index contributed by atoms with van der Waals surface area (Å²) in [7, 11) is 0. The second-order valence-corrected chi connectivity index (χ2v) is 10.1. The third-order valence-corrected chi connectivity index (χ3v) is 7.62. The van der Waals surface area contributed by atoms with Crippen molar-refractivity contribution in [2.75, 3.05) is 11.9 Å². The van der Waals surface area contributed by atoms with Crippen LogP contribution >= 0.6 is 0 Å². The van der Waals surface area contributed by atoms with Crippen molar-refractivity contribution in [3.05, 3.63) is 96.7 Å². The summed E-state index contributed by atoms with van der Waals surface area (Å²) in [4.78, 5) is 29.7. The first-order valence-electron chi connectivity index (χ1n) is 13.3. The minimum absolute atomic E-state index is 0.374. The molecule has 11 heteroatoms. The molecule has 3 aromatic carbocycles. The van der Waals surface area contributed by atoms with Gasteiger partial charge in [0, 0.05) is 29.2 Å². The summed E-state index contributed by atoms with van der Waals surface area (Å²) in [6.45, 7) is 0.106. The molecule has 1 amide bonds. The number of aliphatic hydroxyl groups excluding tert-OH is 2. The highest BCUT2D eigenvalue weighted by Gasteiger charge is 2.46. The Morgan fingerprint density at radius 3 is 2.80 bits per heavy atom. The number of hydrogen-bond acceptors (Lipinski definition) is 8. The lowest BCUT2D eigenvalue weighted by Gasteiger charge is -2.23. The molecule has 3 aromatic heterocycles. The zero-order valence-corrected chi connectivity index (χ0v) is 21.8. The fourth-order valence-corrected chi connectivity index (χ4v) is 5.51. The average molecular weight is 550 g/mol. The SMILES string of the molecule is O=C(N[C@@H]1[C@H](O)[C@@H](CO)O[C@H]1n1cnc2c(NCc3cccc4ccccc34)ncnc21)c1ccc2[nH]ccc2c1. The third-order valence-electron chi connectivity index (χ3n) is 7.62. The van der Waals surface area contributed by atoms with E-state index in [0.29, 0.717) is 29.1 Å². The molecular formula is C30H27N7O4. The molecule has 0 bridgehead atoms. The molecular weight excluding hydrogens is 522 g/mol. The smallest absolute Gasteiger partial charge is 0.251 e. The highest BCUT2D eigenvalue weighted by atomic mass is 16.5. The van der Waals surface area contributed by atoms with E-state index in [0.717, 1.165) is 27.2 Å². The van der Waals surface area contributed by atoms with Crippen LogP contribution in [0.25, 0.3) is 32.8 Å². The number of aliphatic hydroxyl groups is 2. The van der Waals surface area contributed by atoms with E-state index in [4.69, 9.17) is 4.74 Å². The number of benzene rings is 3. The summed E-state index contributed by atoms with van der Waals surface area (Å²) in [6, 6.07) is 20.7. The van der Waals surface area contributed by atoms with Crippen LogP contribution in [0, 0.1) is 0 Å². The first-order chi connectivity index (χ1) is 20.1. The van der Waals surface area contributed by atoms with Gasteiger partial charge in [-0.1, -0.05) is 42.5 Å². The molecule has 1 aliphatic heterocycles. The molecule has 0 spiro atoms. The van der Waals surface area contributed by atoms with Crippen LogP contribution in [-0.4, -0.2) is 65.5 Å². The van der Waals surface area contributed by atoms with Crippen molar-refractivity contribution in [1.82, 2.24) is 29.8 Å². The highest BCUT2D eigenvalue weighted by Crippen LogP contribution is 2.33. The van der Waals surface area contributed by atoms with Gasteiger partial charge in [0.1, 0.15) is 24.6 Å². The molecule has 7 rings (SSSR count). The number of nitrogens with zero attached hydrogens (tertiary/aromatic N) is 4. The largest absolute Gasteiger partial charge is 0.394 e. The predicted molar refractivity (Wildman–Crippen MR) is 153 cm³/mol. The second kappa shape index (κ2) is 10.3. The number of hydrogen-bond donors (Lipinski definition) is 5. The summed E-state index contributed by atoms with van der Waals surface area (Å²) in [5.74, 6) is 0.167. The third kappa shape index (κ3) is 4.45. The summed E-state index contributed by atoms with van der Waals surface area (Å²) < 4.78 is 7.67. The van der Waals surface area contributed by atoms with Crippen molar-refractivity contribution >= 4 is 44.6 Å². The minimum Gasteiger partial charge on any atom is -0.394 e.